The highest BCUT2D eigenvalue weighted by Gasteiger charge is 2.01. The monoisotopic (exact) mass is 221 g/mol. The Kier molecular flexibility index (Phi) is 4.51. The van der Waals surface area contributed by atoms with Crippen molar-refractivity contribution in [2.45, 2.75) is 19.8 Å². The SMILES string of the molecule is CC(=O)CCCOc1cccc(C(N)=O)c1. The van der Waals surface area contributed by atoms with Crippen LogP contribution in [0.1, 0.15) is 30.1 Å². The number of ketones is 1. The van der Waals surface area contributed by atoms with E-state index in [1.165, 1.54) is 0 Å². The van der Waals surface area contributed by atoms with Crippen LogP contribution in [0.15, 0.2) is 24.3 Å². The van der Waals surface area contributed by atoms with Gasteiger partial charge in [0.2, 0.25) is 5.91 Å². The molecular formula is C12H15NO3. The van der Waals surface area contributed by atoms with E-state index in [-0.39, 0.29) is 5.78 Å². The molecule has 0 aliphatic rings. The van der Waals surface area contributed by atoms with Gasteiger partial charge in [0.15, 0.2) is 0 Å². The van der Waals surface area contributed by atoms with Gasteiger partial charge in [-0.2, -0.15) is 0 Å². The van der Waals surface area contributed by atoms with Gasteiger partial charge in [0.25, 0.3) is 0 Å². The van der Waals surface area contributed by atoms with Crippen molar-refractivity contribution in [2.24, 2.45) is 5.73 Å². The molecule has 4 heteroatoms. The maximum Gasteiger partial charge on any atom is 0.248 e. The number of Topliss-reactive ketones (excluding diaryl/α,β-unsaturated/α-hetero) is 1. The van der Waals surface area contributed by atoms with E-state index in [0.717, 1.165) is 0 Å². The predicted octanol–water partition coefficient (Wildman–Crippen LogP) is 1.53. The molecule has 1 aromatic carbocycles. The molecule has 86 valence electrons. The number of carbonyl (C=O) groups is 2. The molecule has 0 heterocycles. The van der Waals surface area contributed by atoms with Crippen LogP contribution in [0, 0.1) is 0 Å². The van der Waals surface area contributed by atoms with Gasteiger partial charge in [-0.15, -0.1) is 0 Å². The van der Waals surface area contributed by atoms with Gasteiger partial charge in [-0.25, -0.2) is 0 Å². The Labute approximate surface area is 94.4 Å². The quantitative estimate of drug-likeness (QED) is 0.740. The van der Waals surface area contributed by atoms with Gasteiger partial charge in [0.05, 0.1) is 6.61 Å². The molecule has 16 heavy (non-hydrogen) atoms. The van der Waals surface area contributed by atoms with Gasteiger partial charge in [0, 0.05) is 12.0 Å². The van der Waals surface area contributed by atoms with Gasteiger partial charge in [-0.1, -0.05) is 6.07 Å². The number of ether oxygens (including phenoxy) is 1. The molecule has 4 nitrogen and oxygen atoms in total. The fraction of sp³-hybridized carbons (Fsp3) is 0.333. The summed E-state index contributed by atoms with van der Waals surface area (Å²) in [5, 5.41) is 0. The van der Waals surface area contributed by atoms with Crippen molar-refractivity contribution in [1.29, 1.82) is 0 Å². The number of nitrogens with two attached hydrogens (primary N) is 1. The normalized spacial score (nSPS) is 9.81. The lowest BCUT2D eigenvalue weighted by Crippen LogP contribution is -2.11. The van der Waals surface area contributed by atoms with Crippen molar-refractivity contribution < 1.29 is 14.3 Å². The summed E-state index contributed by atoms with van der Waals surface area (Å²) in [5.74, 6) is 0.267. The number of primary amides is 1. The topological polar surface area (TPSA) is 69.4 Å². The number of hydrogen-bond acceptors (Lipinski definition) is 3. The number of rotatable bonds is 6. The largest absolute Gasteiger partial charge is 0.494 e. The van der Waals surface area contributed by atoms with Gasteiger partial charge >= 0.3 is 0 Å². The van der Waals surface area contributed by atoms with E-state index in [4.69, 9.17) is 10.5 Å². The molecule has 0 aliphatic heterocycles. The summed E-state index contributed by atoms with van der Waals surface area (Å²) in [6.07, 6.45) is 1.19. The van der Waals surface area contributed by atoms with Crippen molar-refractivity contribution in [3.05, 3.63) is 29.8 Å². The second kappa shape index (κ2) is 5.90. The first-order valence-corrected chi connectivity index (χ1v) is 5.11. The zero-order valence-electron chi connectivity index (χ0n) is 9.23. The smallest absolute Gasteiger partial charge is 0.248 e. The molecule has 0 radical (unpaired) electrons. The van der Waals surface area contributed by atoms with E-state index in [1.54, 1.807) is 31.2 Å². The van der Waals surface area contributed by atoms with Crippen molar-refractivity contribution in [3.63, 3.8) is 0 Å². The molecule has 0 aromatic heterocycles. The number of amides is 1. The third-order valence-electron chi connectivity index (χ3n) is 2.06. The molecular weight excluding hydrogens is 206 g/mol. The first kappa shape index (κ1) is 12.2. The molecule has 0 saturated heterocycles. The van der Waals surface area contributed by atoms with Crippen LogP contribution in [0.2, 0.25) is 0 Å². The Morgan fingerprint density at radius 2 is 2.12 bits per heavy atom. The summed E-state index contributed by atoms with van der Waals surface area (Å²) >= 11 is 0. The van der Waals surface area contributed by atoms with E-state index in [1.807, 2.05) is 0 Å². The lowest BCUT2D eigenvalue weighted by atomic mass is 10.2. The standard InChI is InChI=1S/C12H15NO3/c1-9(14)4-3-7-16-11-6-2-5-10(8-11)12(13)15/h2,5-6,8H,3-4,7H2,1H3,(H2,13,15). The molecule has 1 amide bonds. The number of carbonyl (C=O) groups excluding carboxylic acids is 2. The molecule has 0 saturated carbocycles. The molecule has 1 rings (SSSR count). The van der Waals surface area contributed by atoms with Crippen LogP contribution in [-0.4, -0.2) is 18.3 Å². The van der Waals surface area contributed by atoms with Crippen LogP contribution in [0.4, 0.5) is 0 Å². The minimum absolute atomic E-state index is 0.148. The van der Waals surface area contributed by atoms with E-state index < -0.39 is 5.91 Å². The Hall–Kier alpha value is -1.84. The second-order valence-electron chi connectivity index (χ2n) is 3.55. The third kappa shape index (κ3) is 4.13. The average Bonchev–Trinajstić information content (AvgIpc) is 2.24. The summed E-state index contributed by atoms with van der Waals surface area (Å²) in [6.45, 7) is 2.01. The average molecular weight is 221 g/mol. The molecule has 0 spiro atoms. The van der Waals surface area contributed by atoms with Crippen LogP contribution < -0.4 is 10.5 Å². The molecule has 2 N–H and O–H groups in total. The molecule has 0 unspecified atom stereocenters. The van der Waals surface area contributed by atoms with Crippen molar-refractivity contribution in [3.8, 4) is 5.75 Å². The van der Waals surface area contributed by atoms with Crippen LogP contribution in [-0.2, 0) is 4.79 Å². The number of benzene rings is 1. The van der Waals surface area contributed by atoms with Gasteiger partial charge in [-0.05, 0) is 31.5 Å². The van der Waals surface area contributed by atoms with Gasteiger partial charge < -0.3 is 15.3 Å². The van der Waals surface area contributed by atoms with Gasteiger partial charge in [-0.3, -0.25) is 4.79 Å². The predicted molar refractivity (Wildman–Crippen MR) is 60.4 cm³/mol. The second-order valence-corrected chi connectivity index (χ2v) is 3.55. The highest BCUT2D eigenvalue weighted by Crippen LogP contribution is 2.13. The van der Waals surface area contributed by atoms with Crippen LogP contribution in [0.3, 0.4) is 0 Å². The van der Waals surface area contributed by atoms with E-state index in [2.05, 4.69) is 0 Å². The maximum absolute atomic E-state index is 10.9. The molecule has 1 aromatic rings. The first-order chi connectivity index (χ1) is 7.59. The fourth-order valence-corrected chi connectivity index (χ4v) is 1.25. The first-order valence-electron chi connectivity index (χ1n) is 5.11. The zero-order valence-corrected chi connectivity index (χ0v) is 9.23. The summed E-state index contributed by atoms with van der Waals surface area (Å²) in [6, 6.07) is 6.68. The summed E-state index contributed by atoms with van der Waals surface area (Å²) in [7, 11) is 0. The molecule has 0 aliphatic carbocycles. The van der Waals surface area contributed by atoms with Crippen LogP contribution >= 0.6 is 0 Å². The van der Waals surface area contributed by atoms with Gasteiger partial charge in [0.1, 0.15) is 11.5 Å². The van der Waals surface area contributed by atoms with E-state index in [0.29, 0.717) is 30.8 Å². The van der Waals surface area contributed by atoms with E-state index in [9.17, 15) is 9.59 Å². The summed E-state index contributed by atoms with van der Waals surface area (Å²) in [4.78, 5) is 21.6. The fourth-order valence-electron chi connectivity index (χ4n) is 1.25. The Balaban J connectivity index is 2.45. The highest BCUT2D eigenvalue weighted by atomic mass is 16.5. The van der Waals surface area contributed by atoms with E-state index >= 15 is 0 Å². The minimum atomic E-state index is -0.478. The summed E-state index contributed by atoms with van der Waals surface area (Å²) in [5.41, 5.74) is 5.56. The molecule has 0 fully saturated rings. The van der Waals surface area contributed by atoms with Crippen molar-refractivity contribution >= 4 is 11.7 Å². The lowest BCUT2D eigenvalue weighted by Gasteiger charge is -2.06. The summed E-state index contributed by atoms with van der Waals surface area (Å²) < 4.78 is 5.39. The zero-order chi connectivity index (χ0) is 12.0. The lowest BCUT2D eigenvalue weighted by molar-refractivity contribution is -0.117. The highest BCUT2D eigenvalue weighted by molar-refractivity contribution is 5.93. The molecule has 0 bridgehead atoms. The third-order valence-corrected chi connectivity index (χ3v) is 2.06. The Morgan fingerprint density at radius 3 is 2.75 bits per heavy atom. The minimum Gasteiger partial charge on any atom is -0.494 e. The van der Waals surface area contributed by atoms with Crippen LogP contribution in [0.5, 0.6) is 5.75 Å². The van der Waals surface area contributed by atoms with Crippen molar-refractivity contribution in [2.75, 3.05) is 6.61 Å². The Morgan fingerprint density at radius 1 is 1.38 bits per heavy atom. The Bertz CT molecular complexity index is 388. The van der Waals surface area contributed by atoms with Crippen molar-refractivity contribution in [1.82, 2.24) is 0 Å². The van der Waals surface area contributed by atoms with Crippen LogP contribution in [0.25, 0.3) is 0 Å². The number of hydrogen-bond donors (Lipinski definition) is 1. The maximum atomic E-state index is 10.9. The molecule has 0 atom stereocenters.